The van der Waals surface area contributed by atoms with E-state index in [0.29, 0.717) is 6.67 Å². The number of hydrogen-bond donors (Lipinski definition) is 1. The predicted molar refractivity (Wildman–Crippen MR) is 80.6 cm³/mol. The molecule has 1 heterocycles. The maximum absolute atomic E-state index is 3.96. The van der Waals surface area contributed by atoms with Crippen molar-refractivity contribution >= 4 is 0 Å². The van der Waals surface area contributed by atoms with Gasteiger partial charge in [-0.25, -0.2) is 5.53 Å². The molecule has 1 N–H and O–H groups in total. The van der Waals surface area contributed by atoms with Crippen LogP contribution in [0.4, 0.5) is 0 Å². The van der Waals surface area contributed by atoms with Gasteiger partial charge in [-0.3, -0.25) is 0 Å². The highest BCUT2D eigenvalue weighted by atomic mass is 15.8. The lowest BCUT2D eigenvalue weighted by Crippen LogP contribution is -2.47. The van der Waals surface area contributed by atoms with E-state index in [1.54, 1.807) is 0 Å². The van der Waals surface area contributed by atoms with E-state index in [9.17, 15) is 0 Å². The molecule has 0 saturated carbocycles. The average molecular weight is 268 g/mol. The molecule has 4 nitrogen and oxygen atoms in total. The smallest absolute Gasteiger partial charge is 0.134 e. The minimum Gasteiger partial charge on any atom is -0.219 e. The van der Waals surface area contributed by atoms with E-state index >= 15 is 0 Å². The van der Waals surface area contributed by atoms with E-state index in [1.807, 2.05) is 0 Å². The number of hydrazine groups is 1. The second-order valence-corrected chi connectivity index (χ2v) is 6.30. The van der Waals surface area contributed by atoms with Crippen LogP contribution in [0.25, 0.3) is 0 Å². The van der Waals surface area contributed by atoms with Crippen molar-refractivity contribution in [1.82, 2.24) is 10.5 Å². The molecule has 1 aliphatic rings. The lowest BCUT2D eigenvalue weighted by molar-refractivity contribution is 0.0784. The van der Waals surface area contributed by atoms with Gasteiger partial charge in [-0.05, 0) is 20.3 Å². The van der Waals surface area contributed by atoms with E-state index in [1.165, 1.54) is 64.2 Å². The molecule has 4 heteroatoms. The Kier molecular flexibility index (Phi) is 8.03. The highest BCUT2D eigenvalue weighted by Crippen LogP contribution is 2.22. The predicted octanol–water partition coefficient (Wildman–Crippen LogP) is 4.83. The van der Waals surface area contributed by atoms with Crippen molar-refractivity contribution < 1.29 is 0 Å². The average Bonchev–Trinajstić information content (AvgIpc) is 2.91. The fourth-order valence-electron chi connectivity index (χ4n) is 2.54. The van der Waals surface area contributed by atoms with Crippen molar-refractivity contribution in [1.29, 1.82) is 0 Å². The Morgan fingerprint density at radius 3 is 2.05 bits per heavy atom. The Morgan fingerprint density at radius 1 is 0.947 bits per heavy atom. The monoisotopic (exact) mass is 268 g/mol. The third-order valence-corrected chi connectivity index (χ3v) is 4.06. The van der Waals surface area contributed by atoms with Crippen LogP contribution < -0.4 is 5.53 Å². The lowest BCUT2D eigenvalue weighted by atomic mass is 9.95. The number of hydrogen-bond acceptors (Lipinski definition) is 4. The molecular formula is C15H32N4. The molecule has 0 aromatic rings. The molecule has 1 rings (SSSR count). The van der Waals surface area contributed by atoms with E-state index in [4.69, 9.17) is 0 Å². The van der Waals surface area contributed by atoms with Crippen LogP contribution in [-0.2, 0) is 0 Å². The molecule has 0 radical (unpaired) electrons. The van der Waals surface area contributed by atoms with E-state index in [0.717, 1.165) is 0 Å². The van der Waals surface area contributed by atoms with Crippen LogP contribution >= 0.6 is 0 Å². The first-order chi connectivity index (χ1) is 9.17. The minimum absolute atomic E-state index is 0.157. The summed E-state index contributed by atoms with van der Waals surface area (Å²) < 4.78 is 0. The van der Waals surface area contributed by atoms with Gasteiger partial charge in [0, 0.05) is 5.54 Å². The molecule has 0 amide bonds. The maximum atomic E-state index is 3.96. The second-order valence-electron chi connectivity index (χ2n) is 6.30. The summed E-state index contributed by atoms with van der Waals surface area (Å²) in [7, 11) is 0. The van der Waals surface area contributed by atoms with Crippen LogP contribution in [0, 0.1) is 0 Å². The summed E-state index contributed by atoms with van der Waals surface area (Å²) in [5.74, 6) is 0. The molecule has 0 aromatic carbocycles. The van der Waals surface area contributed by atoms with Crippen LogP contribution in [-0.4, -0.2) is 17.2 Å². The first kappa shape index (κ1) is 16.4. The van der Waals surface area contributed by atoms with Gasteiger partial charge in [0.25, 0.3) is 0 Å². The van der Waals surface area contributed by atoms with E-state index in [-0.39, 0.29) is 5.54 Å². The fraction of sp³-hybridized carbons (Fsp3) is 1.00. The van der Waals surface area contributed by atoms with Crippen molar-refractivity contribution in [2.24, 2.45) is 10.3 Å². The first-order valence-corrected chi connectivity index (χ1v) is 8.06. The van der Waals surface area contributed by atoms with Crippen LogP contribution in [0.2, 0.25) is 0 Å². The van der Waals surface area contributed by atoms with Crippen LogP contribution in [0.5, 0.6) is 0 Å². The summed E-state index contributed by atoms with van der Waals surface area (Å²) in [4.78, 5) is 0. The zero-order valence-electron chi connectivity index (χ0n) is 13.1. The molecule has 0 fully saturated rings. The molecule has 0 aliphatic carbocycles. The Bertz CT molecular complexity index is 243. The van der Waals surface area contributed by atoms with Crippen molar-refractivity contribution in [3.8, 4) is 0 Å². The third-order valence-electron chi connectivity index (χ3n) is 4.06. The van der Waals surface area contributed by atoms with E-state index < -0.39 is 0 Å². The number of rotatable bonds is 11. The van der Waals surface area contributed by atoms with Gasteiger partial charge >= 0.3 is 0 Å². The highest BCUT2D eigenvalue weighted by molar-refractivity contribution is 4.79. The van der Waals surface area contributed by atoms with Gasteiger partial charge in [-0.2, -0.15) is 10.1 Å². The number of nitrogens with one attached hydrogen (secondary N) is 1. The van der Waals surface area contributed by atoms with Crippen molar-refractivity contribution in [2.45, 2.75) is 90.5 Å². The number of unbranched alkanes of at least 4 members (excludes halogenated alkanes) is 8. The van der Waals surface area contributed by atoms with Gasteiger partial charge in [-0.15, -0.1) is 0 Å². The van der Waals surface area contributed by atoms with Gasteiger partial charge in [0.1, 0.15) is 6.67 Å². The second kappa shape index (κ2) is 9.29. The zero-order chi connectivity index (χ0) is 14.0. The lowest BCUT2D eigenvalue weighted by Gasteiger charge is -2.33. The molecule has 0 spiro atoms. The molecular weight excluding hydrogens is 236 g/mol. The van der Waals surface area contributed by atoms with Gasteiger partial charge in [0.15, 0.2) is 0 Å². The quantitative estimate of drug-likeness (QED) is 0.545. The Morgan fingerprint density at radius 2 is 1.53 bits per heavy atom. The summed E-state index contributed by atoms with van der Waals surface area (Å²) in [6.07, 6.45) is 13.7. The summed E-state index contributed by atoms with van der Waals surface area (Å²) in [5, 5.41) is 9.91. The van der Waals surface area contributed by atoms with Crippen LogP contribution in [0.15, 0.2) is 10.3 Å². The normalized spacial score (nSPS) is 15.9. The van der Waals surface area contributed by atoms with Gasteiger partial charge < -0.3 is 0 Å². The molecule has 0 atom stereocenters. The third kappa shape index (κ3) is 6.90. The van der Waals surface area contributed by atoms with Gasteiger partial charge in [0.05, 0.1) is 0 Å². The number of nitrogens with zero attached hydrogens (tertiary/aromatic N) is 3. The molecule has 0 bridgehead atoms. The Hall–Kier alpha value is -0.640. The van der Waals surface area contributed by atoms with E-state index in [2.05, 4.69) is 41.7 Å². The van der Waals surface area contributed by atoms with Crippen molar-refractivity contribution in [3.63, 3.8) is 0 Å². The standard InChI is InChI=1S/C15H32N4/c1-4-5-6-7-8-9-10-11-12-13-15(2,3)19-14-16-17-18-19/h4-14H2,1-3H3,(H,16,18). The molecule has 0 unspecified atom stereocenters. The summed E-state index contributed by atoms with van der Waals surface area (Å²) in [5.41, 5.74) is 3.13. The Labute approximate surface area is 119 Å². The Balaban J connectivity index is 1.92. The molecule has 1 aliphatic heterocycles. The van der Waals surface area contributed by atoms with Crippen LogP contribution in [0.1, 0.15) is 85.0 Å². The van der Waals surface area contributed by atoms with Gasteiger partial charge in [-0.1, -0.05) is 69.9 Å². The zero-order valence-corrected chi connectivity index (χ0v) is 13.1. The van der Waals surface area contributed by atoms with Crippen molar-refractivity contribution in [3.05, 3.63) is 0 Å². The molecule has 0 saturated heterocycles. The van der Waals surface area contributed by atoms with Crippen LogP contribution in [0.3, 0.4) is 0 Å². The summed E-state index contributed by atoms with van der Waals surface area (Å²) in [6, 6.07) is 0. The molecule has 19 heavy (non-hydrogen) atoms. The fourth-order valence-corrected chi connectivity index (χ4v) is 2.54. The SMILES string of the molecule is CCCCCCCCCCCC(C)(C)N1CN=NN1. The largest absolute Gasteiger partial charge is 0.219 e. The molecule has 112 valence electrons. The topological polar surface area (TPSA) is 40.0 Å². The first-order valence-electron chi connectivity index (χ1n) is 8.06. The maximum Gasteiger partial charge on any atom is 0.134 e. The van der Waals surface area contributed by atoms with Crippen molar-refractivity contribution in [2.75, 3.05) is 6.67 Å². The highest BCUT2D eigenvalue weighted by Gasteiger charge is 2.28. The van der Waals surface area contributed by atoms with Gasteiger partial charge in [0.2, 0.25) is 0 Å². The molecule has 0 aromatic heterocycles. The summed E-state index contributed by atoms with van der Waals surface area (Å²) in [6.45, 7) is 7.49. The minimum atomic E-state index is 0.157. The summed E-state index contributed by atoms with van der Waals surface area (Å²) >= 11 is 0.